The van der Waals surface area contributed by atoms with Crippen LogP contribution in [0.5, 0.6) is 0 Å². The summed E-state index contributed by atoms with van der Waals surface area (Å²) in [7, 11) is 0. The first kappa shape index (κ1) is 13.0. The Kier molecular flexibility index (Phi) is 3.83. The van der Waals surface area contributed by atoms with Gasteiger partial charge in [0, 0.05) is 17.0 Å². The predicted octanol–water partition coefficient (Wildman–Crippen LogP) is 4.00. The van der Waals surface area contributed by atoms with Gasteiger partial charge >= 0.3 is 0 Å². The van der Waals surface area contributed by atoms with Gasteiger partial charge < -0.3 is 4.74 Å². The fourth-order valence-electron chi connectivity index (χ4n) is 2.34. The Hall–Kier alpha value is -0.480. The molecule has 0 radical (unpaired) electrons. The second kappa shape index (κ2) is 5.02. The third-order valence-electron chi connectivity index (χ3n) is 3.43. The third-order valence-corrected chi connectivity index (χ3v) is 4.33. The molecule has 1 saturated heterocycles. The largest absolute Gasteiger partial charge is 0.369 e. The van der Waals surface area contributed by atoms with E-state index in [1.165, 1.54) is 12.1 Å². The molecule has 0 unspecified atom stereocenters. The van der Waals surface area contributed by atoms with E-state index >= 15 is 0 Å². The summed E-state index contributed by atoms with van der Waals surface area (Å²) in [6.45, 7) is 2.73. The number of benzene rings is 1. The van der Waals surface area contributed by atoms with E-state index in [0.717, 1.165) is 18.9 Å². The summed E-state index contributed by atoms with van der Waals surface area (Å²) in [6.07, 6.45) is 1.79. The Morgan fingerprint density at radius 2 is 2.24 bits per heavy atom. The van der Waals surface area contributed by atoms with Gasteiger partial charge in [-0.05, 0) is 18.4 Å². The first-order valence-corrected chi connectivity index (χ1v) is 6.89. The van der Waals surface area contributed by atoms with E-state index in [1.54, 1.807) is 0 Å². The molecule has 1 nitrogen and oxygen atoms in total. The van der Waals surface area contributed by atoms with E-state index in [0.29, 0.717) is 23.4 Å². The number of alkyl halides is 1. The molecule has 1 heterocycles. The van der Waals surface area contributed by atoms with Crippen molar-refractivity contribution in [3.8, 4) is 0 Å². The van der Waals surface area contributed by atoms with Crippen molar-refractivity contribution in [3.05, 3.63) is 35.4 Å². The molecule has 0 amide bonds. The van der Waals surface area contributed by atoms with Crippen LogP contribution in [0.1, 0.15) is 25.3 Å². The number of hydrogen-bond donors (Lipinski definition) is 0. The third kappa shape index (κ3) is 2.38. The second-order valence-electron chi connectivity index (χ2n) is 4.54. The lowest BCUT2D eigenvalue weighted by molar-refractivity contribution is 0.0179. The molecule has 4 heteroatoms. The topological polar surface area (TPSA) is 9.23 Å². The van der Waals surface area contributed by atoms with Gasteiger partial charge in [0.05, 0.1) is 6.61 Å². The standard InChI is InChI=1S/C13H15BrF2O/c1-2-9-6-13(8-14,17-7-9)11-4-3-10(15)5-12(11)16/h3-5,9H,2,6-8H2,1H3/t9-,13-/m0/s1. The average molecular weight is 305 g/mol. The van der Waals surface area contributed by atoms with E-state index < -0.39 is 17.2 Å². The SMILES string of the molecule is CC[C@@H]1CO[C@@](CBr)(c2ccc(F)cc2F)C1. The molecule has 0 bridgehead atoms. The highest BCUT2D eigenvalue weighted by Crippen LogP contribution is 2.42. The summed E-state index contributed by atoms with van der Waals surface area (Å²) in [4.78, 5) is 0. The molecular weight excluding hydrogens is 290 g/mol. The summed E-state index contributed by atoms with van der Waals surface area (Å²) in [5.41, 5.74) is -0.190. The second-order valence-corrected chi connectivity index (χ2v) is 5.10. The van der Waals surface area contributed by atoms with E-state index in [1.807, 2.05) is 0 Å². The highest BCUT2D eigenvalue weighted by atomic mass is 79.9. The van der Waals surface area contributed by atoms with Gasteiger partial charge in [0.2, 0.25) is 0 Å². The molecular formula is C13H15BrF2O. The summed E-state index contributed by atoms with van der Waals surface area (Å²) in [5.74, 6) is -0.640. The van der Waals surface area contributed by atoms with E-state index in [9.17, 15) is 8.78 Å². The maximum atomic E-state index is 13.8. The summed E-state index contributed by atoms with van der Waals surface area (Å²) >= 11 is 3.39. The Balaban J connectivity index is 2.35. The molecule has 17 heavy (non-hydrogen) atoms. The monoisotopic (exact) mass is 304 g/mol. The van der Waals surface area contributed by atoms with Crippen LogP contribution in [0.4, 0.5) is 8.78 Å². The minimum absolute atomic E-state index is 0.442. The van der Waals surface area contributed by atoms with Crippen LogP contribution in [0.3, 0.4) is 0 Å². The lowest BCUT2D eigenvalue weighted by atomic mass is 9.88. The van der Waals surface area contributed by atoms with Gasteiger partial charge in [-0.1, -0.05) is 35.3 Å². The highest BCUT2D eigenvalue weighted by Gasteiger charge is 2.42. The van der Waals surface area contributed by atoms with Gasteiger partial charge in [0.15, 0.2) is 0 Å². The van der Waals surface area contributed by atoms with Crippen LogP contribution in [0.15, 0.2) is 18.2 Å². The van der Waals surface area contributed by atoms with Crippen LogP contribution in [-0.4, -0.2) is 11.9 Å². The molecule has 1 aromatic carbocycles. The van der Waals surface area contributed by atoms with Gasteiger partial charge in [-0.15, -0.1) is 0 Å². The average Bonchev–Trinajstić information content (AvgIpc) is 2.74. The Labute approximate surface area is 108 Å². The zero-order chi connectivity index (χ0) is 12.5. The van der Waals surface area contributed by atoms with Crippen molar-refractivity contribution in [2.24, 2.45) is 5.92 Å². The van der Waals surface area contributed by atoms with Crippen LogP contribution in [-0.2, 0) is 10.3 Å². The van der Waals surface area contributed by atoms with Gasteiger partial charge in [-0.25, -0.2) is 8.78 Å². The van der Waals surface area contributed by atoms with Crippen LogP contribution >= 0.6 is 15.9 Å². The zero-order valence-electron chi connectivity index (χ0n) is 9.68. The highest BCUT2D eigenvalue weighted by molar-refractivity contribution is 9.09. The van der Waals surface area contributed by atoms with Crippen LogP contribution in [0.2, 0.25) is 0 Å². The molecule has 94 valence electrons. The molecule has 0 saturated carbocycles. The summed E-state index contributed by atoms with van der Waals surface area (Å²) in [5, 5.41) is 0.527. The van der Waals surface area contributed by atoms with Crippen molar-refractivity contribution in [2.45, 2.75) is 25.4 Å². The van der Waals surface area contributed by atoms with Crippen molar-refractivity contribution in [2.75, 3.05) is 11.9 Å². The van der Waals surface area contributed by atoms with Gasteiger partial charge in [0.25, 0.3) is 0 Å². The molecule has 0 N–H and O–H groups in total. The number of halogens is 3. The van der Waals surface area contributed by atoms with Crippen molar-refractivity contribution in [1.82, 2.24) is 0 Å². The normalized spacial score (nSPS) is 28.6. The molecule has 1 aromatic rings. The zero-order valence-corrected chi connectivity index (χ0v) is 11.3. The number of rotatable bonds is 3. The maximum Gasteiger partial charge on any atom is 0.132 e. The fraction of sp³-hybridized carbons (Fsp3) is 0.538. The molecule has 0 aliphatic carbocycles. The van der Waals surface area contributed by atoms with Crippen LogP contribution in [0.25, 0.3) is 0 Å². The quantitative estimate of drug-likeness (QED) is 0.767. The lowest BCUT2D eigenvalue weighted by Crippen LogP contribution is -2.28. The van der Waals surface area contributed by atoms with Crippen molar-refractivity contribution < 1.29 is 13.5 Å². The fourth-order valence-corrected chi connectivity index (χ4v) is 3.03. The number of hydrogen-bond acceptors (Lipinski definition) is 1. The molecule has 2 atom stereocenters. The minimum Gasteiger partial charge on any atom is -0.369 e. The van der Waals surface area contributed by atoms with E-state index in [2.05, 4.69) is 22.9 Å². The lowest BCUT2D eigenvalue weighted by Gasteiger charge is -2.27. The van der Waals surface area contributed by atoms with E-state index in [4.69, 9.17) is 4.74 Å². The molecule has 1 aliphatic rings. The van der Waals surface area contributed by atoms with Crippen molar-refractivity contribution in [1.29, 1.82) is 0 Å². The van der Waals surface area contributed by atoms with Crippen molar-refractivity contribution >= 4 is 15.9 Å². The Morgan fingerprint density at radius 3 is 2.76 bits per heavy atom. The summed E-state index contributed by atoms with van der Waals surface area (Å²) < 4.78 is 32.5. The van der Waals surface area contributed by atoms with Crippen LogP contribution in [0, 0.1) is 17.6 Å². The first-order chi connectivity index (χ1) is 8.11. The molecule has 0 spiro atoms. The van der Waals surface area contributed by atoms with Crippen molar-refractivity contribution in [3.63, 3.8) is 0 Å². The molecule has 0 aromatic heterocycles. The first-order valence-electron chi connectivity index (χ1n) is 5.77. The Morgan fingerprint density at radius 1 is 1.47 bits per heavy atom. The molecule has 1 fully saturated rings. The summed E-state index contributed by atoms with van der Waals surface area (Å²) in [6, 6.07) is 3.69. The Bertz CT molecular complexity index is 410. The van der Waals surface area contributed by atoms with Crippen LogP contribution < -0.4 is 0 Å². The molecule has 2 rings (SSSR count). The van der Waals surface area contributed by atoms with Gasteiger partial charge in [-0.2, -0.15) is 0 Å². The predicted molar refractivity (Wildman–Crippen MR) is 66.2 cm³/mol. The number of ether oxygens (including phenoxy) is 1. The maximum absolute atomic E-state index is 13.8. The van der Waals surface area contributed by atoms with Gasteiger partial charge in [-0.3, -0.25) is 0 Å². The molecule has 1 aliphatic heterocycles. The van der Waals surface area contributed by atoms with E-state index in [-0.39, 0.29) is 0 Å². The van der Waals surface area contributed by atoms with Gasteiger partial charge in [0.1, 0.15) is 17.2 Å². The minimum atomic E-state index is -0.640. The smallest absolute Gasteiger partial charge is 0.132 e.